The van der Waals surface area contributed by atoms with E-state index in [2.05, 4.69) is 22.6 Å². The summed E-state index contributed by atoms with van der Waals surface area (Å²) in [5.74, 6) is 0. The zero-order valence-electron chi connectivity index (χ0n) is 7.32. The first kappa shape index (κ1) is 10.2. The van der Waals surface area contributed by atoms with E-state index in [1.54, 1.807) is 31.1 Å². The summed E-state index contributed by atoms with van der Waals surface area (Å²) in [6.45, 7) is 0. The summed E-state index contributed by atoms with van der Waals surface area (Å²) in [5, 5.41) is 10.7. The Morgan fingerprint density at radius 1 is 1.46 bits per heavy atom. The predicted molar refractivity (Wildman–Crippen MR) is 60.1 cm³/mol. The topological polar surface area (TPSA) is 46.4 Å². The molecule has 0 unspecified atom stereocenters. The van der Waals surface area contributed by atoms with Crippen LogP contribution in [0.2, 0.25) is 0 Å². The largest absolute Gasteiger partial charge is 0.372 e. The molecule has 1 rings (SSSR count). The second kappa shape index (κ2) is 3.91. The third-order valence-corrected chi connectivity index (χ3v) is 2.29. The minimum atomic E-state index is -0.364. The maximum Gasteiger partial charge on any atom is 0.293 e. The maximum atomic E-state index is 10.7. The van der Waals surface area contributed by atoms with Crippen LogP contribution in [0, 0.1) is 13.7 Å². The van der Waals surface area contributed by atoms with Crippen molar-refractivity contribution in [2.45, 2.75) is 0 Å². The van der Waals surface area contributed by atoms with Gasteiger partial charge in [0.2, 0.25) is 0 Å². The minimum Gasteiger partial charge on any atom is -0.372 e. The maximum absolute atomic E-state index is 10.7. The number of nitrogens with zero attached hydrogens (tertiary/aromatic N) is 2. The molecule has 0 aromatic heterocycles. The van der Waals surface area contributed by atoms with Crippen LogP contribution in [0.3, 0.4) is 0 Å². The van der Waals surface area contributed by atoms with Crippen molar-refractivity contribution in [3.05, 3.63) is 31.9 Å². The third kappa shape index (κ3) is 2.30. The van der Waals surface area contributed by atoms with Crippen molar-refractivity contribution in [3.8, 4) is 0 Å². The average Bonchev–Trinajstić information content (AvgIpc) is 2.03. The molecule has 0 bridgehead atoms. The molecule has 1 aromatic carbocycles. The summed E-state index contributed by atoms with van der Waals surface area (Å²) in [7, 11) is 3.57. The van der Waals surface area contributed by atoms with Crippen molar-refractivity contribution in [3.63, 3.8) is 0 Å². The molecule has 4 nitrogen and oxygen atoms in total. The SMILES string of the molecule is CN(C)c1ccc(I)cc1[N+](=O)[O-]. The second-order valence-corrected chi connectivity index (χ2v) is 4.03. The smallest absolute Gasteiger partial charge is 0.293 e. The highest BCUT2D eigenvalue weighted by molar-refractivity contribution is 14.1. The Morgan fingerprint density at radius 3 is 2.54 bits per heavy atom. The Hall–Kier alpha value is -0.850. The molecule has 0 saturated heterocycles. The van der Waals surface area contributed by atoms with Gasteiger partial charge in [0.15, 0.2) is 0 Å². The number of halogens is 1. The average molecular weight is 292 g/mol. The molecule has 0 radical (unpaired) electrons. The molecule has 0 aliphatic carbocycles. The molecule has 0 N–H and O–H groups in total. The van der Waals surface area contributed by atoms with Crippen LogP contribution in [0.4, 0.5) is 11.4 Å². The molecule has 0 fully saturated rings. The standard InChI is InChI=1S/C8H9IN2O2/c1-10(2)7-4-3-6(9)5-8(7)11(12)13/h3-5H,1-2H3. The van der Waals surface area contributed by atoms with Gasteiger partial charge >= 0.3 is 0 Å². The Morgan fingerprint density at radius 2 is 2.08 bits per heavy atom. The van der Waals surface area contributed by atoms with Gasteiger partial charge in [-0.15, -0.1) is 0 Å². The Labute approximate surface area is 89.8 Å². The van der Waals surface area contributed by atoms with E-state index in [9.17, 15) is 10.1 Å². The fourth-order valence-corrected chi connectivity index (χ4v) is 1.50. The van der Waals surface area contributed by atoms with E-state index in [1.165, 1.54) is 0 Å². The highest BCUT2D eigenvalue weighted by Crippen LogP contribution is 2.27. The third-order valence-electron chi connectivity index (χ3n) is 1.62. The number of anilines is 1. The summed E-state index contributed by atoms with van der Waals surface area (Å²) in [5.41, 5.74) is 0.780. The molecule has 1 aromatic rings. The van der Waals surface area contributed by atoms with Crippen molar-refractivity contribution in [1.82, 2.24) is 0 Å². The van der Waals surface area contributed by atoms with Crippen LogP contribution < -0.4 is 4.90 Å². The predicted octanol–water partition coefficient (Wildman–Crippen LogP) is 2.27. The molecule has 0 atom stereocenters. The Bertz CT molecular complexity index is 339. The molecule has 13 heavy (non-hydrogen) atoms. The van der Waals surface area contributed by atoms with Crippen molar-refractivity contribution in [2.24, 2.45) is 0 Å². The lowest BCUT2D eigenvalue weighted by molar-refractivity contribution is -0.384. The van der Waals surface area contributed by atoms with Gasteiger partial charge in [0.1, 0.15) is 5.69 Å². The lowest BCUT2D eigenvalue weighted by Gasteiger charge is -2.12. The molecule has 70 valence electrons. The molecule has 0 aliphatic heterocycles. The van der Waals surface area contributed by atoms with E-state index in [-0.39, 0.29) is 10.6 Å². The first-order chi connectivity index (χ1) is 6.02. The van der Waals surface area contributed by atoms with Gasteiger partial charge in [-0.05, 0) is 34.7 Å². The number of nitro benzene ring substituents is 1. The van der Waals surface area contributed by atoms with Gasteiger partial charge in [-0.1, -0.05) is 0 Å². The van der Waals surface area contributed by atoms with Crippen LogP contribution in [0.25, 0.3) is 0 Å². The van der Waals surface area contributed by atoms with Crippen LogP contribution in [-0.2, 0) is 0 Å². The zero-order chi connectivity index (χ0) is 10.0. The molecule has 5 heteroatoms. The van der Waals surface area contributed by atoms with Gasteiger partial charge in [0.25, 0.3) is 5.69 Å². The van der Waals surface area contributed by atoms with Crippen molar-refractivity contribution >= 4 is 34.0 Å². The van der Waals surface area contributed by atoms with Crippen LogP contribution in [0.5, 0.6) is 0 Å². The van der Waals surface area contributed by atoms with E-state index in [0.717, 1.165) is 3.57 Å². The van der Waals surface area contributed by atoms with Gasteiger partial charge in [-0.25, -0.2) is 0 Å². The van der Waals surface area contributed by atoms with Crippen molar-refractivity contribution in [1.29, 1.82) is 0 Å². The van der Waals surface area contributed by atoms with E-state index in [0.29, 0.717) is 5.69 Å². The lowest BCUT2D eigenvalue weighted by Crippen LogP contribution is -2.10. The van der Waals surface area contributed by atoms with E-state index >= 15 is 0 Å². The summed E-state index contributed by atoms with van der Waals surface area (Å²) >= 11 is 2.06. The monoisotopic (exact) mass is 292 g/mol. The van der Waals surface area contributed by atoms with Gasteiger partial charge in [0, 0.05) is 23.7 Å². The zero-order valence-corrected chi connectivity index (χ0v) is 9.48. The molecule has 0 amide bonds. The summed E-state index contributed by atoms with van der Waals surface area (Å²) in [6, 6.07) is 5.17. The van der Waals surface area contributed by atoms with Crippen molar-refractivity contribution in [2.75, 3.05) is 19.0 Å². The Kier molecular flexibility index (Phi) is 3.07. The highest BCUT2D eigenvalue weighted by Gasteiger charge is 2.14. The van der Waals surface area contributed by atoms with E-state index in [4.69, 9.17) is 0 Å². The number of hydrogen-bond donors (Lipinski definition) is 0. The van der Waals surface area contributed by atoms with Crippen LogP contribution in [-0.4, -0.2) is 19.0 Å². The lowest BCUT2D eigenvalue weighted by atomic mass is 10.2. The quantitative estimate of drug-likeness (QED) is 0.477. The highest BCUT2D eigenvalue weighted by atomic mass is 127. The van der Waals surface area contributed by atoms with Crippen LogP contribution in [0.15, 0.2) is 18.2 Å². The van der Waals surface area contributed by atoms with E-state index in [1.807, 2.05) is 6.07 Å². The van der Waals surface area contributed by atoms with Gasteiger partial charge in [0.05, 0.1) is 4.92 Å². The molecule has 0 spiro atoms. The summed E-state index contributed by atoms with van der Waals surface area (Å²) in [6.07, 6.45) is 0. The van der Waals surface area contributed by atoms with Crippen molar-refractivity contribution < 1.29 is 4.92 Å². The second-order valence-electron chi connectivity index (χ2n) is 2.78. The molecule has 0 aliphatic rings. The number of benzene rings is 1. The van der Waals surface area contributed by atoms with Crippen LogP contribution >= 0.6 is 22.6 Å². The number of hydrogen-bond acceptors (Lipinski definition) is 3. The van der Waals surface area contributed by atoms with Gasteiger partial charge in [-0.3, -0.25) is 10.1 Å². The molecule has 0 saturated carbocycles. The fourth-order valence-electron chi connectivity index (χ4n) is 1.02. The minimum absolute atomic E-state index is 0.150. The molecular formula is C8H9IN2O2. The summed E-state index contributed by atoms with van der Waals surface area (Å²) < 4.78 is 0.870. The Balaban J connectivity index is 3.27. The normalized spacial score (nSPS) is 9.77. The first-order valence-corrected chi connectivity index (χ1v) is 4.71. The van der Waals surface area contributed by atoms with Gasteiger partial charge < -0.3 is 4.90 Å². The van der Waals surface area contributed by atoms with Crippen LogP contribution in [0.1, 0.15) is 0 Å². The number of nitro groups is 1. The van der Waals surface area contributed by atoms with Gasteiger partial charge in [-0.2, -0.15) is 0 Å². The number of rotatable bonds is 2. The van der Waals surface area contributed by atoms with E-state index < -0.39 is 0 Å². The fraction of sp³-hybridized carbons (Fsp3) is 0.250. The summed E-state index contributed by atoms with van der Waals surface area (Å²) in [4.78, 5) is 12.0. The first-order valence-electron chi connectivity index (χ1n) is 3.63. The molecular weight excluding hydrogens is 283 g/mol. The molecule has 0 heterocycles.